The molecule has 1 saturated carbocycles. The maximum Gasteiger partial charge on any atom is 0.124 e. The molecule has 0 unspecified atom stereocenters. The zero-order valence-corrected chi connectivity index (χ0v) is 13.2. The third-order valence-corrected chi connectivity index (χ3v) is 4.25. The molecule has 3 rings (SSSR count). The van der Waals surface area contributed by atoms with E-state index in [0.29, 0.717) is 6.04 Å². The van der Waals surface area contributed by atoms with Crippen molar-refractivity contribution < 1.29 is 9.47 Å². The highest BCUT2D eigenvalue weighted by Gasteiger charge is 2.19. The van der Waals surface area contributed by atoms with Crippen LogP contribution in [0.25, 0.3) is 0 Å². The van der Waals surface area contributed by atoms with Gasteiger partial charge in [0.2, 0.25) is 0 Å². The fourth-order valence-electron chi connectivity index (χ4n) is 3.06. The summed E-state index contributed by atoms with van der Waals surface area (Å²) in [4.78, 5) is 0. The number of nitrogens with one attached hydrogen (secondary N) is 1. The Morgan fingerprint density at radius 3 is 2.45 bits per heavy atom. The van der Waals surface area contributed by atoms with Crippen LogP contribution in [0, 0.1) is 0 Å². The Morgan fingerprint density at radius 1 is 1.14 bits per heavy atom. The van der Waals surface area contributed by atoms with Gasteiger partial charge in [-0.1, -0.05) is 12.8 Å². The van der Waals surface area contributed by atoms with Gasteiger partial charge in [-0.05, 0) is 18.9 Å². The fourth-order valence-corrected chi connectivity index (χ4v) is 3.06. The lowest BCUT2D eigenvalue weighted by Crippen LogP contribution is -2.13. The topological polar surface area (TPSA) is 48.3 Å². The van der Waals surface area contributed by atoms with E-state index in [0.717, 1.165) is 23.7 Å². The van der Waals surface area contributed by atoms with Crippen molar-refractivity contribution in [2.45, 2.75) is 38.3 Å². The van der Waals surface area contributed by atoms with Crippen LogP contribution in [0.1, 0.15) is 37.4 Å². The van der Waals surface area contributed by atoms with Gasteiger partial charge in [-0.15, -0.1) is 0 Å². The summed E-state index contributed by atoms with van der Waals surface area (Å²) in [5, 5.41) is 7.94. The first-order valence-corrected chi connectivity index (χ1v) is 7.79. The summed E-state index contributed by atoms with van der Waals surface area (Å²) in [5.41, 5.74) is 2.20. The van der Waals surface area contributed by atoms with E-state index >= 15 is 0 Å². The number of ether oxygens (including phenoxy) is 2. The molecule has 0 spiro atoms. The maximum atomic E-state index is 5.30. The van der Waals surface area contributed by atoms with E-state index in [-0.39, 0.29) is 0 Å². The smallest absolute Gasteiger partial charge is 0.124 e. The summed E-state index contributed by atoms with van der Waals surface area (Å²) in [5.74, 6) is 1.57. The molecule has 0 bridgehead atoms. The Balaban J connectivity index is 1.71. The zero-order valence-electron chi connectivity index (χ0n) is 13.2. The van der Waals surface area contributed by atoms with Gasteiger partial charge in [-0.3, -0.25) is 4.68 Å². The first kappa shape index (κ1) is 14.8. The predicted molar refractivity (Wildman–Crippen MR) is 86.6 cm³/mol. The van der Waals surface area contributed by atoms with E-state index in [1.165, 1.54) is 31.4 Å². The number of hydrogen-bond donors (Lipinski definition) is 1. The van der Waals surface area contributed by atoms with Crippen LogP contribution in [0.2, 0.25) is 0 Å². The van der Waals surface area contributed by atoms with Crippen molar-refractivity contribution in [3.8, 4) is 11.5 Å². The van der Waals surface area contributed by atoms with Crippen LogP contribution in [0.4, 0.5) is 5.69 Å². The SMILES string of the molecule is COc1cc(NCc2ccnn2C2CCCC2)cc(OC)c1. The molecule has 1 heterocycles. The predicted octanol–water partition coefficient (Wildman–Crippen LogP) is 3.63. The normalized spacial score (nSPS) is 15.0. The second-order valence-electron chi connectivity index (χ2n) is 5.66. The van der Waals surface area contributed by atoms with E-state index in [1.807, 2.05) is 24.4 Å². The summed E-state index contributed by atoms with van der Waals surface area (Å²) in [7, 11) is 3.32. The van der Waals surface area contributed by atoms with E-state index in [4.69, 9.17) is 9.47 Å². The van der Waals surface area contributed by atoms with Crippen LogP contribution in [-0.4, -0.2) is 24.0 Å². The molecular formula is C17H23N3O2. The molecular weight excluding hydrogens is 278 g/mol. The van der Waals surface area contributed by atoms with Crippen molar-refractivity contribution in [1.82, 2.24) is 9.78 Å². The second-order valence-corrected chi connectivity index (χ2v) is 5.66. The number of methoxy groups -OCH3 is 2. The molecule has 2 aromatic rings. The number of nitrogens with zero attached hydrogens (tertiary/aromatic N) is 2. The highest BCUT2D eigenvalue weighted by atomic mass is 16.5. The summed E-state index contributed by atoms with van der Waals surface area (Å²) < 4.78 is 12.8. The highest BCUT2D eigenvalue weighted by molar-refractivity contribution is 5.53. The van der Waals surface area contributed by atoms with Crippen molar-refractivity contribution in [2.24, 2.45) is 0 Å². The lowest BCUT2D eigenvalue weighted by molar-refractivity contribution is 0.394. The minimum atomic E-state index is 0.562. The average Bonchev–Trinajstić information content (AvgIpc) is 3.23. The second kappa shape index (κ2) is 6.73. The first-order chi connectivity index (χ1) is 10.8. The first-order valence-electron chi connectivity index (χ1n) is 7.79. The molecule has 0 amide bonds. The third-order valence-electron chi connectivity index (χ3n) is 4.25. The molecule has 1 aromatic heterocycles. The molecule has 0 radical (unpaired) electrons. The van der Waals surface area contributed by atoms with Crippen molar-refractivity contribution in [2.75, 3.05) is 19.5 Å². The monoisotopic (exact) mass is 301 g/mol. The van der Waals surface area contributed by atoms with Gasteiger partial charge in [-0.25, -0.2) is 0 Å². The van der Waals surface area contributed by atoms with Crippen LogP contribution < -0.4 is 14.8 Å². The number of anilines is 1. The van der Waals surface area contributed by atoms with Crippen LogP contribution in [-0.2, 0) is 6.54 Å². The summed E-state index contributed by atoms with van der Waals surface area (Å²) in [6.45, 7) is 0.743. The van der Waals surface area contributed by atoms with Crippen LogP contribution in [0.15, 0.2) is 30.5 Å². The summed E-state index contributed by atoms with van der Waals surface area (Å²) in [6.07, 6.45) is 6.99. The molecule has 0 saturated heterocycles. The largest absolute Gasteiger partial charge is 0.497 e. The molecule has 1 fully saturated rings. The fraction of sp³-hybridized carbons (Fsp3) is 0.471. The summed E-state index contributed by atoms with van der Waals surface area (Å²) in [6, 6.07) is 8.46. The Hall–Kier alpha value is -2.17. The Bertz CT molecular complexity index is 596. The van der Waals surface area contributed by atoms with Gasteiger partial charge >= 0.3 is 0 Å². The van der Waals surface area contributed by atoms with Crippen molar-refractivity contribution in [1.29, 1.82) is 0 Å². The number of aromatic nitrogens is 2. The number of benzene rings is 1. The maximum absolute atomic E-state index is 5.30. The quantitative estimate of drug-likeness (QED) is 0.885. The molecule has 1 aliphatic carbocycles. The van der Waals surface area contributed by atoms with Gasteiger partial charge in [0.1, 0.15) is 11.5 Å². The van der Waals surface area contributed by atoms with E-state index in [2.05, 4.69) is 21.2 Å². The van der Waals surface area contributed by atoms with Crippen molar-refractivity contribution >= 4 is 5.69 Å². The molecule has 1 N–H and O–H groups in total. The minimum Gasteiger partial charge on any atom is -0.497 e. The Kier molecular flexibility index (Phi) is 4.51. The number of hydrogen-bond acceptors (Lipinski definition) is 4. The average molecular weight is 301 g/mol. The molecule has 1 aromatic carbocycles. The molecule has 5 heteroatoms. The lowest BCUT2D eigenvalue weighted by atomic mass is 10.2. The van der Waals surface area contributed by atoms with Gasteiger partial charge in [-0.2, -0.15) is 5.10 Å². The molecule has 22 heavy (non-hydrogen) atoms. The van der Waals surface area contributed by atoms with E-state index in [9.17, 15) is 0 Å². The molecule has 0 atom stereocenters. The lowest BCUT2D eigenvalue weighted by Gasteiger charge is -2.15. The van der Waals surface area contributed by atoms with Crippen LogP contribution in [0.5, 0.6) is 11.5 Å². The van der Waals surface area contributed by atoms with Gasteiger partial charge in [0.25, 0.3) is 0 Å². The molecule has 118 valence electrons. The summed E-state index contributed by atoms with van der Waals surface area (Å²) >= 11 is 0. The van der Waals surface area contributed by atoms with E-state index in [1.54, 1.807) is 14.2 Å². The van der Waals surface area contributed by atoms with Gasteiger partial charge in [0.05, 0.1) is 32.5 Å². The van der Waals surface area contributed by atoms with Gasteiger partial charge < -0.3 is 14.8 Å². The Morgan fingerprint density at radius 2 is 1.82 bits per heavy atom. The third kappa shape index (κ3) is 3.18. The van der Waals surface area contributed by atoms with E-state index < -0.39 is 0 Å². The Labute approximate surface area is 131 Å². The van der Waals surface area contributed by atoms with Crippen LogP contribution >= 0.6 is 0 Å². The van der Waals surface area contributed by atoms with Gasteiger partial charge in [0, 0.05) is 30.1 Å². The zero-order chi connectivity index (χ0) is 15.4. The molecule has 0 aliphatic heterocycles. The van der Waals surface area contributed by atoms with Gasteiger partial charge in [0.15, 0.2) is 0 Å². The standard InChI is InChI=1S/C17H23N3O2/c1-21-16-9-13(10-17(11-16)22-2)18-12-15-7-8-19-20(15)14-5-3-4-6-14/h7-11,14,18H,3-6,12H2,1-2H3. The van der Waals surface area contributed by atoms with Crippen molar-refractivity contribution in [3.05, 3.63) is 36.2 Å². The highest BCUT2D eigenvalue weighted by Crippen LogP contribution is 2.30. The molecule has 1 aliphatic rings. The van der Waals surface area contributed by atoms with Crippen LogP contribution in [0.3, 0.4) is 0 Å². The number of rotatable bonds is 6. The molecule has 5 nitrogen and oxygen atoms in total. The minimum absolute atomic E-state index is 0.562. The van der Waals surface area contributed by atoms with Crippen molar-refractivity contribution in [3.63, 3.8) is 0 Å².